The van der Waals surface area contributed by atoms with E-state index >= 15 is 0 Å². The van der Waals surface area contributed by atoms with Gasteiger partial charge in [0.05, 0.1) is 11.4 Å². The lowest BCUT2D eigenvalue weighted by Crippen LogP contribution is -2.42. The fraction of sp³-hybridized carbons (Fsp3) is 0.250. The third kappa shape index (κ3) is 3.75. The second kappa shape index (κ2) is 7.96. The van der Waals surface area contributed by atoms with Crippen molar-refractivity contribution in [3.05, 3.63) is 77.0 Å². The van der Waals surface area contributed by atoms with Gasteiger partial charge >= 0.3 is 6.03 Å². The SMILES string of the molecule is Cc1ccc(-n2nc(C)cc2NC(=O)CN2C(=O)NC(C)(c3ccccc3C)C2=O)cc1. The Morgan fingerprint density at radius 3 is 2.44 bits per heavy atom. The summed E-state index contributed by atoms with van der Waals surface area (Å²) in [5.41, 5.74) is 2.99. The molecule has 32 heavy (non-hydrogen) atoms. The lowest BCUT2D eigenvalue weighted by atomic mass is 9.88. The van der Waals surface area contributed by atoms with E-state index in [9.17, 15) is 14.4 Å². The summed E-state index contributed by atoms with van der Waals surface area (Å²) >= 11 is 0. The number of imide groups is 1. The highest BCUT2D eigenvalue weighted by atomic mass is 16.2. The van der Waals surface area contributed by atoms with Crippen molar-refractivity contribution in [1.82, 2.24) is 20.0 Å². The number of hydrogen-bond donors (Lipinski definition) is 2. The number of hydrogen-bond acceptors (Lipinski definition) is 4. The van der Waals surface area contributed by atoms with E-state index in [4.69, 9.17) is 0 Å². The number of carbonyl (C=O) groups excluding carboxylic acids is 3. The molecule has 2 aromatic carbocycles. The summed E-state index contributed by atoms with van der Waals surface area (Å²) in [4.78, 5) is 39.5. The number of rotatable bonds is 5. The Hall–Kier alpha value is -3.94. The second-order valence-electron chi connectivity index (χ2n) is 8.23. The topological polar surface area (TPSA) is 96.3 Å². The smallest absolute Gasteiger partial charge is 0.319 e. The van der Waals surface area contributed by atoms with Crippen LogP contribution in [0.15, 0.2) is 54.6 Å². The van der Waals surface area contributed by atoms with Crippen molar-refractivity contribution in [3.8, 4) is 5.69 Å². The minimum absolute atomic E-state index is 0.399. The van der Waals surface area contributed by atoms with Crippen LogP contribution in [0.25, 0.3) is 5.69 Å². The maximum absolute atomic E-state index is 13.1. The van der Waals surface area contributed by atoms with Crippen LogP contribution < -0.4 is 10.6 Å². The van der Waals surface area contributed by atoms with Crippen molar-refractivity contribution in [2.24, 2.45) is 0 Å². The molecule has 4 amide bonds. The molecule has 4 rings (SSSR count). The average Bonchev–Trinajstić information content (AvgIpc) is 3.21. The molecule has 2 N–H and O–H groups in total. The summed E-state index contributed by atoms with van der Waals surface area (Å²) in [6.45, 7) is 6.95. The zero-order valence-corrected chi connectivity index (χ0v) is 18.5. The molecule has 1 saturated heterocycles. The molecule has 0 saturated carbocycles. The van der Waals surface area contributed by atoms with E-state index in [-0.39, 0.29) is 0 Å². The number of aromatic nitrogens is 2. The van der Waals surface area contributed by atoms with Gasteiger partial charge in [0.1, 0.15) is 17.9 Å². The van der Waals surface area contributed by atoms with Gasteiger partial charge in [-0.25, -0.2) is 9.48 Å². The van der Waals surface area contributed by atoms with Crippen LogP contribution in [0.5, 0.6) is 0 Å². The predicted molar refractivity (Wildman–Crippen MR) is 120 cm³/mol. The lowest BCUT2D eigenvalue weighted by Gasteiger charge is -2.24. The normalized spacial score (nSPS) is 18.1. The summed E-state index contributed by atoms with van der Waals surface area (Å²) in [6, 6.07) is 16.2. The minimum Gasteiger partial charge on any atom is -0.319 e. The Morgan fingerprint density at radius 2 is 1.75 bits per heavy atom. The van der Waals surface area contributed by atoms with E-state index in [1.807, 2.05) is 63.2 Å². The average molecular weight is 431 g/mol. The fourth-order valence-electron chi connectivity index (χ4n) is 3.95. The molecular weight excluding hydrogens is 406 g/mol. The molecule has 0 aliphatic carbocycles. The van der Waals surface area contributed by atoms with Gasteiger partial charge in [-0.1, -0.05) is 42.0 Å². The number of aryl methyl sites for hydroxylation is 3. The van der Waals surface area contributed by atoms with Crippen LogP contribution in [0, 0.1) is 20.8 Å². The Kier molecular flexibility index (Phi) is 5.30. The number of carbonyl (C=O) groups is 3. The van der Waals surface area contributed by atoms with Gasteiger partial charge in [0.15, 0.2) is 0 Å². The fourth-order valence-corrected chi connectivity index (χ4v) is 3.95. The quantitative estimate of drug-likeness (QED) is 0.607. The van der Waals surface area contributed by atoms with Gasteiger partial charge in [0.25, 0.3) is 5.91 Å². The Morgan fingerprint density at radius 1 is 1.06 bits per heavy atom. The molecule has 0 spiro atoms. The molecule has 1 atom stereocenters. The van der Waals surface area contributed by atoms with Crippen LogP contribution in [0.3, 0.4) is 0 Å². The molecule has 1 aromatic heterocycles. The van der Waals surface area contributed by atoms with Crippen LogP contribution in [0.1, 0.15) is 29.3 Å². The van der Waals surface area contributed by atoms with Gasteiger partial charge in [-0.3, -0.25) is 14.5 Å². The van der Waals surface area contributed by atoms with Gasteiger partial charge in [-0.15, -0.1) is 0 Å². The van der Waals surface area contributed by atoms with Crippen LogP contribution >= 0.6 is 0 Å². The highest BCUT2D eigenvalue weighted by molar-refractivity contribution is 6.10. The molecule has 2 heterocycles. The highest BCUT2D eigenvalue weighted by Crippen LogP contribution is 2.31. The molecule has 0 bridgehead atoms. The maximum atomic E-state index is 13.1. The predicted octanol–water partition coefficient (Wildman–Crippen LogP) is 3.20. The number of nitrogens with zero attached hydrogens (tertiary/aromatic N) is 3. The molecular formula is C24H25N5O3. The van der Waals surface area contributed by atoms with Crippen LogP contribution in [0.4, 0.5) is 10.6 Å². The third-order valence-electron chi connectivity index (χ3n) is 5.64. The molecule has 164 valence electrons. The lowest BCUT2D eigenvalue weighted by molar-refractivity contribution is -0.133. The first-order chi connectivity index (χ1) is 15.2. The first-order valence-corrected chi connectivity index (χ1v) is 10.3. The Labute approximate surface area is 186 Å². The van der Waals surface area contributed by atoms with E-state index in [1.54, 1.807) is 23.7 Å². The summed E-state index contributed by atoms with van der Waals surface area (Å²) in [6.07, 6.45) is 0. The number of anilines is 1. The van der Waals surface area contributed by atoms with Gasteiger partial charge in [-0.05, 0) is 51.0 Å². The van der Waals surface area contributed by atoms with Crippen molar-refractivity contribution >= 4 is 23.7 Å². The molecule has 1 fully saturated rings. The summed E-state index contributed by atoms with van der Waals surface area (Å²) < 4.78 is 1.62. The highest BCUT2D eigenvalue weighted by Gasteiger charge is 2.50. The zero-order chi connectivity index (χ0) is 23.0. The van der Waals surface area contributed by atoms with Crippen molar-refractivity contribution in [2.45, 2.75) is 33.2 Å². The van der Waals surface area contributed by atoms with Gasteiger partial charge in [0.2, 0.25) is 5.91 Å². The summed E-state index contributed by atoms with van der Waals surface area (Å²) in [5, 5.41) is 9.96. The number of amides is 4. The molecule has 1 aliphatic heterocycles. The first kappa shape index (κ1) is 21.3. The standard InChI is InChI=1S/C24H25N5O3/c1-15-9-11-18(12-10-15)29-20(13-17(3)27-29)25-21(30)14-28-22(31)24(4,26-23(28)32)19-8-6-5-7-16(19)2/h5-13H,14H2,1-4H3,(H,25,30)(H,26,32). The Balaban J connectivity index is 1.53. The molecule has 1 unspecified atom stereocenters. The summed E-state index contributed by atoms with van der Waals surface area (Å²) in [7, 11) is 0. The van der Waals surface area contributed by atoms with E-state index in [1.165, 1.54) is 0 Å². The van der Waals surface area contributed by atoms with Crippen LogP contribution in [-0.4, -0.2) is 39.1 Å². The molecule has 1 aliphatic rings. The van der Waals surface area contributed by atoms with Gasteiger partial charge < -0.3 is 10.6 Å². The number of benzene rings is 2. The number of urea groups is 1. The van der Waals surface area contributed by atoms with Crippen molar-refractivity contribution in [1.29, 1.82) is 0 Å². The molecule has 8 nitrogen and oxygen atoms in total. The third-order valence-corrected chi connectivity index (χ3v) is 5.64. The van der Waals surface area contributed by atoms with Crippen molar-refractivity contribution in [2.75, 3.05) is 11.9 Å². The van der Waals surface area contributed by atoms with Gasteiger partial charge in [0, 0.05) is 6.07 Å². The molecule has 0 radical (unpaired) electrons. The van der Waals surface area contributed by atoms with Crippen LogP contribution in [0.2, 0.25) is 0 Å². The monoisotopic (exact) mass is 431 g/mol. The van der Waals surface area contributed by atoms with Gasteiger partial charge in [-0.2, -0.15) is 5.10 Å². The van der Waals surface area contributed by atoms with E-state index < -0.39 is 29.9 Å². The maximum Gasteiger partial charge on any atom is 0.325 e. The Bertz CT molecular complexity index is 1210. The van der Waals surface area contributed by atoms with Crippen molar-refractivity contribution in [3.63, 3.8) is 0 Å². The van der Waals surface area contributed by atoms with Crippen LogP contribution in [-0.2, 0) is 15.1 Å². The molecule has 3 aromatic rings. The van der Waals surface area contributed by atoms with Crippen molar-refractivity contribution < 1.29 is 14.4 Å². The van der Waals surface area contributed by atoms with E-state index in [2.05, 4.69) is 15.7 Å². The minimum atomic E-state index is -1.22. The molecule has 8 heteroatoms. The van der Waals surface area contributed by atoms with E-state index in [0.29, 0.717) is 11.4 Å². The largest absolute Gasteiger partial charge is 0.325 e. The summed E-state index contributed by atoms with van der Waals surface area (Å²) in [5.74, 6) is -0.490. The van der Waals surface area contributed by atoms with E-state index in [0.717, 1.165) is 27.4 Å². The zero-order valence-electron chi connectivity index (χ0n) is 18.5. The first-order valence-electron chi connectivity index (χ1n) is 10.3. The second-order valence-corrected chi connectivity index (χ2v) is 8.23. The number of nitrogens with one attached hydrogen (secondary N) is 2.